The Balaban J connectivity index is 4.30. The van der Waals surface area contributed by atoms with Crippen LogP contribution in [0.3, 0.4) is 0 Å². The van der Waals surface area contributed by atoms with Gasteiger partial charge in [0, 0.05) is 19.0 Å². The Morgan fingerprint density at radius 3 is 2.33 bits per heavy atom. The van der Waals surface area contributed by atoms with Crippen LogP contribution < -0.4 is 5.73 Å². The van der Waals surface area contributed by atoms with Gasteiger partial charge in [-0.05, 0) is 26.7 Å². The lowest BCUT2D eigenvalue weighted by Crippen LogP contribution is -2.47. The highest BCUT2D eigenvalue weighted by molar-refractivity contribution is 5.81. The highest BCUT2D eigenvalue weighted by atomic mass is 16.4. The van der Waals surface area contributed by atoms with Crippen molar-refractivity contribution in [3.8, 4) is 0 Å². The number of carboxylic acid groups (broad SMARTS) is 1. The van der Waals surface area contributed by atoms with Crippen molar-refractivity contribution >= 4 is 11.9 Å². The average Bonchev–Trinajstić information content (AvgIpc) is 2.30. The largest absolute Gasteiger partial charge is 0.481 e. The van der Waals surface area contributed by atoms with Crippen molar-refractivity contribution in [1.29, 1.82) is 0 Å². The molecule has 5 nitrogen and oxygen atoms in total. The number of carbonyl (C=O) groups is 2. The van der Waals surface area contributed by atoms with Crippen molar-refractivity contribution in [1.82, 2.24) is 4.90 Å². The molecule has 18 heavy (non-hydrogen) atoms. The minimum Gasteiger partial charge on any atom is -0.481 e. The molecule has 0 heterocycles. The molecule has 0 aromatic rings. The Labute approximate surface area is 109 Å². The fourth-order valence-electron chi connectivity index (χ4n) is 1.78. The summed E-state index contributed by atoms with van der Waals surface area (Å²) in [4.78, 5) is 24.3. The van der Waals surface area contributed by atoms with Gasteiger partial charge in [-0.2, -0.15) is 0 Å². The molecule has 0 saturated heterocycles. The van der Waals surface area contributed by atoms with Gasteiger partial charge < -0.3 is 15.7 Å². The Hall–Kier alpha value is -1.10. The molecule has 106 valence electrons. The van der Waals surface area contributed by atoms with E-state index in [9.17, 15) is 9.59 Å². The number of nitrogens with zero attached hydrogens (tertiary/aromatic N) is 1. The summed E-state index contributed by atoms with van der Waals surface area (Å²) in [6, 6.07) is -0.406. The molecular formula is C13H26N2O3. The summed E-state index contributed by atoms with van der Waals surface area (Å²) in [6.45, 7) is 6.36. The third-order valence-corrected chi connectivity index (χ3v) is 2.88. The van der Waals surface area contributed by atoms with E-state index in [-0.39, 0.29) is 18.4 Å². The SMILES string of the molecule is CCCC[C@H](N)C(=O)N(CCCC(=O)O)C(C)C. The van der Waals surface area contributed by atoms with E-state index in [2.05, 4.69) is 6.92 Å². The van der Waals surface area contributed by atoms with Gasteiger partial charge in [0.05, 0.1) is 6.04 Å². The molecule has 3 N–H and O–H groups in total. The lowest BCUT2D eigenvalue weighted by atomic mass is 10.1. The van der Waals surface area contributed by atoms with Gasteiger partial charge in [-0.3, -0.25) is 9.59 Å². The van der Waals surface area contributed by atoms with Crippen molar-refractivity contribution < 1.29 is 14.7 Å². The number of rotatable bonds is 9. The maximum atomic E-state index is 12.1. The molecule has 0 spiro atoms. The molecule has 1 amide bonds. The Kier molecular flexibility index (Phi) is 8.37. The minimum atomic E-state index is -0.832. The predicted octanol–water partition coefficient (Wildman–Crippen LogP) is 1.61. The molecule has 0 aliphatic carbocycles. The topological polar surface area (TPSA) is 83.6 Å². The van der Waals surface area contributed by atoms with Gasteiger partial charge in [-0.15, -0.1) is 0 Å². The molecule has 0 aliphatic rings. The quantitative estimate of drug-likeness (QED) is 0.658. The van der Waals surface area contributed by atoms with Crippen LogP contribution in [0.15, 0.2) is 0 Å². The molecule has 0 fully saturated rings. The summed E-state index contributed by atoms with van der Waals surface area (Å²) in [5.74, 6) is -0.898. The van der Waals surface area contributed by atoms with E-state index in [1.165, 1.54) is 0 Å². The number of hydrogen-bond donors (Lipinski definition) is 2. The predicted molar refractivity (Wildman–Crippen MR) is 71.2 cm³/mol. The highest BCUT2D eigenvalue weighted by Crippen LogP contribution is 2.08. The lowest BCUT2D eigenvalue weighted by Gasteiger charge is -2.29. The van der Waals surface area contributed by atoms with Crippen LogP contribution in [0.25, 0.3) is 0 Å². The maximum Gasteiger partial charge on any atom is 0.303 e. The van der Waals surface area contributed by atoms with Crippen molar-refractivity contribution in [3.63, 3.8) is 0 Å². The summed E-state index contributed by atoms with van der Waals surface area (Å²) in [5.41, 5.74) is 5.87. The summed E-state index contributed by atoms with van der Waals surface area (Å²) in [7, 11) is 0. The fraction of sp³-hybridized carbons (Fsp3) is 0.846. The van der Waals surface area contributed by atoms with E-state index >= 15 is 0 Å². The number of nitrogens with two attached hydrogens (primary N) is 1. The molecule has 1 atom stereocenters. The standard InChI is InChI=1S/C13H26N2O3/c1-4-5-7-11(14)13(18)15(10(2)3)9-6-8-12(16)17/h10-11H,4-9,14H2,1-3H3,(H,16,17)/t11-/m0/s1. The molecule has 0 aliphatic heterocycles. The first-order valence-corrected chi connectivity index (χ1v) is 6.68. The van der Waals surface area contributed by atoms with Gasteiger partial charge in [0.1, 0.15) is 0 Å². The Morgan fingerprint density at radius 1 is 1.28 bits per heavy atom. The second-order valence-electron chi connectivity index (χ2n) is 4.87. The van der Waals surface area contributed by atoms with Crippen LogP contribution >= 0.6 is 0 Å². The molecular weight excluding hydrogens is 232 g/mol. The van der Waals surface area contributed by atoms with Gasteiger partial charge >= 0.3 is 5.97 Å². The second kappa shape index (κ2) is 8.91. The van der Waals surface area contributed by atoms with Crippen LogP contribution in [0, 0.1) is 0 Å². The first-order valence-electron chi connectivity index (χ1n) is 6.68. The van der Waals surface area contributed by atoms with Crippen LogP contribution in [-0.4, -0.2) is 40.5 Å². The summed E-state index contributed by atoms with van der Waals surface area (Å²) < 4.78 is 0. The lowest BCUT2D eigenvalue weighted by molar-refractivity contribution is -0.139. The summed E-state index contributed by atoms with van der Waals surface area (Å²) >= 11 is 0. The average molecular weight is 258 g/mol. The third kappa shape index (κ3) is 6.59. The molecule has 0 bridgehead atoms. The smallest absolute Gasteiger partial charge is 0.303 e. The van der Waals surface area contributed by atoms with Crippen LogP contribution in [-0.2, 0) is 9.59 Å². The van der Waals surface area contributed by atoms with Crippen LogP contribution in [0.2, 0.25) is 0 Å². The van der Waals surface area contributed by atoms with Gasteiger partial charge in [0.2, 0.25) is 5.91 Å². The normalized spacial score (nSPS) is 12.5. The number of unbranched alkanes of at least 4 members (excludes halogenated alkanes) is 1. The van der Waals surface area contributed by atoms with Crippen molar-refractivity contribution in [2.75, 3.05) is 6.54 Å². The summed E-state index contributed by atoms with van der Waals surface area (Å²) in [5, 5.41) is 8.60. The molecule has 0 unspecified atom stereocenters. The zero-order valence-electron chi connectivity index (χ0n) is 11.7. The number of amides is 1. The Bertz CT molecular complexity index is 267. The van der Waals surface area contributed by atoms with Gasteiger partial charge in [-0.1, -0.05) is 19.8 Å². The van der Waals surface area contributed by atoms with Gasteiger partial charge in [-0.25, -0.2) is 0 Å². The van der Waals surface area contributed by atoms with E-state index < -0.39 is 12.0 Å². The first-order chi connectivity index (χ1) is 8.40. The fourth-order valence-corrected chi connectivity index (χ4v) is 1.78. The highest BCUT2D eigenvalue weighted by Gasteiger charge is 2.22. The van der Waals surface area contributed by atoms with E-state index in [0.29, 0.717) is 19.4 Å². The van der Waals surface area contributed by atoms with Crippen molar-refractivity contribution in [3.05, 3.63) is 0 Å². The van der Waals surface area contributed by atoms with Gasteiger partial charge in [0.15, 0.2) is 0 Å². The zero-order valence-corrected chi connectivity index (χ0v) is 11.7. The number of carboxylic acids is 1. The van der Waals surface area contributed by atoms with E-state index in [4.69, 9.17) is 10.8 Å². The molecule has 0 saturated carbocycles. The van der Waals surface area contributed by atoms with Gasteiger partial charge in [0.25, 0.3) is 0 Å². The number of aliphatic carboxylic acids is 1. The molecule has 0 aromatic heterocycles. The second-order valence-corrected chi connectivity index (χ2v) is 4.87. The van der Waals surface area contributed by atoms with Crippen molar-refractivity contribution in [2.24, 2.45) is 5.73 Å². The van der Waals surface area contributed by atoms with E-state index in [1.54, 1.807) is 4.90 Å². The summed E-state index contributed by atoms with van der Waals surface area (Å²) in [6.07, 6.45) is 3.20. The molecule has 0 radical (unpaired) electrons. The first kappa shape index (κ1) is 16.9. The third-order valence-electron chi connectivity index (χ3n) is 2.88. The Morgan fingerprint density at radius 2 is 1.89 bits per heavy atom. The monoisotopic (exact) mass is 258 g/mol. The number of hydrogen-bond acceptors (Lipinski definition) is 3. The van der Waals surface area contributed by atoms with Crippen LogP contribution in [0.1, 0.15) is 52.9 Å². The van der Waals surface area contributed by atoms with E-state index in [1.807, 2.05) is 13.8 Å². The maximum absolute atomic E-state index is 12.1. The molecule has 0 aromatic carbocycles. The number of carbonyl (C=O) groups excluding carboxylic acids is 1. The van der Waals surface area contributed by atoms with Crippen LogP contribution in [0.4, 0.5) is 0 Å². The molecule has 5 heteroatoms. The minimum absolute atomic E-state index is 0.0546. The van der Waals surface area contributed by atoms with Crippen LogP contribution in [0.5, 0.6) is 0 Å². The zero-order chi connectivity index (χ0) is 14.1. The molecule has 0 rings (SSSR count). The van der Waals surface area contributed by atoms with E-state index in [0.717, 1.165) is 12.8 Å². The van der Waals surface area contributed by atoms with Crippen molar-refractivity contribution in [2.45, 2.75) is 65.0 Å².